The number of thioether (sulfide) groups is 1. The molecule has 1 aliphatic carbocycles. The second-order valence-corrected chi connectivity index (χ2v) is 6.07. The number of halogens is 3. The van der Waals surface area contributed by atoms with E-state index in [1.807, 2.05) is 0 Å². The van der Waals surface area contributed by atoms with E-state index in [9.17, 15) is 13.2 Å². The number of rotatable bonds is 7. The smallest absolute Gasteiger partial charge is 0.446 e. The minimum Gasteiger partial charge on any atom is -0.496 e. The lowest BCUT2D eigenvalue weighted by molar-refractivity contribution is -0.0328. The lowest BCUT2D eigenvalue weighted by Crippen LogP contribution is -2.28. The third kappa shape index (κ3) is 5.09. The van der Waals surface area contributed by atoms with Gasteiger partial charge >= 0.3 is 5.51 Å². The Balaban J connectivity index is 2.14. The van der Waals surface area contributed by atoms with Gasteiger partial charge in [-0.15, -0.1) is 0 Å². The summed E-state index contributed by atoms with van der Waals surface area (Å²) in [4.78, 5) is 2.17. The van der Waals surface area contributed by atoms with E-state index in [-0.39, 0.29) is 29.0 Å². The quantitative estimate of drug-likeness (QED) is 0.782. The molecule has 0 aliphatic heterocycles. The molecule has 1 fully saturated rings. The van der Waals surface area contributed by atoms with Gasteiger partial charge in [0.1, 0.15) is 5.75 Å². The Kier molecular flexibility index (Phi) is 5.40. The molecule has 0 amide bonds. The Morgan fingerprint density at radius 3 is 2.62 bits per heavy atom. The third-order valence-electron chi connectivity index (χ3n) is 3.29. The standard InChI is InChI=1S/C14H18F3NO2S/c1-20-12-5-2-10(8-13(12)21-14(15,16)17)9-18(6-7-19)11-3-4-11/h2,5,8,11,19H,3-4,6-7,9H2,1H3. The van der Waals surface area contributed by atoms with Crippen molar-refractivity contribution in [1.82, 2.24) is 4.90 Å². The highest BCUT2D eigenvalue weighted by Gasteiger charge is 2.32. The largest absolute Gasteiger partial charge is 0.496 e. The van der Waals surface area contributed by atoms with Crippen LogP contribution in [0.3, 0.4) is 0 Å². The van der Waals surface area contributed by atoms with Crippen molar-refractivity contribution >= 4 is 11.8 Å². The Morgan fingerprint density at radius 1 is 1.38 bits per heavy atom. The van der Waals surface area contributed by atoms with Gasteiger partial charge in [0.05, 0.1) is 18.6 Å². The van der Waals surface area contributed by atoms with E-state index < -0.39 is 5.51 Å². The van der Waals surface area contributed by atoms with Crippen LogP contribution in [0.2, 0.25) is 0 Å². The maximum absolute atomic E-state index is 12.6. The average molecular weight is 321 g/mol. The highest BCUT2D eigenvalue weighted by molar-refractivity contribution is 8.00. The van der Waals surface area contributed by atoms with Gasteiger partial charge in [-0.05, 0) is 42.3 Å². The fourth-order valence-electron chi connectivity index (χ4n) is 2.22. The van der Waals surface area contributed by atoms with Gasteiger partial charge in [-0.25, -0.2) is 0 Å². The molecule has 0 saturated heterocycles. The number of hydrogen-bond acceptors (Lipinski definition) is 4. The molecule has 0 radical (unpaired) electrons. The lowest BCUT2D eigenvalue weighted by Gasteiger charge is -2.21. The number of methoxy groups -OCH3 is 1. The van der Waals surface area contributed by atoms with Gasteiger partial charge in [-0.2, -0.15) is 13.2 Å². The summed E-state index contributed by atoms with van der Waals surface area (Å²) >= 11 is -0.162. The van der Waals surface area contributed by atoms with Crippen LogP contribution in [-0.4, -0.2) is 41.8 Å². The van der Waals surface area contributed by atoms with Crippen molar-refractivity contribution in [2.24, 2.45) is 0 Å². The minimum absolute atomic E-state index is 0.0524. The van der Waals surface area contributed by atoms with Crippen molar-refractivity contribution in [3.8, 4) is 5.75 Å². The Bertz CT molecular complexity index is 478. The first-order chi connectivity index (χ1) is 9.93. The van der Waals surface area contributed by atoms with E-state index in [0.29, 0.717) is 19.1 Å². The van der Waals surface area contributed by atoms with Crippen molar-refractivity contribution < 1.29 is 23.0 Å². The Labute approximate surface area is 126 Å². The maximum atomic E-state index is 12.6. The number of benzene rings is 1. The van der Waals surface area contributed by atoms with Crippen LogP contribution in [0, 0.1) is 0 Å². The second-order valence-electron chi connectivity index (χ2n) is 4.96. The van der Waals surface area contributed by atoms with Crippen LogP contribution in [0.4, 0.5) is 13.2 Å². The summed E-state index contributed by atoms with van der Waals surface area (Å²) in [5.74, 6) is 0.223. The highest BCUT2D eigenvalue weighted by Crippen LogP contribution is 2.42. The summed E-state index contributed by atoms with van der Waals surface area (Å²) in [6.07, 6.45) is 2.17. The van der Waals surface area contributed by atoms with E-state index in [1.165, 1.54) is 13.2 Å². The molecular formula is C14H18F3NO2S. The summed E-state index contributed by atoms with van der Waals surface area (Å²) in [7, 11) is 1.36. The fourth-order valence-corrected chi connectivity index (χ4v) is 2.93. The molecule has 1 saturated carbocycles. The maximum Gasteiger partial charge on any atom is 0.446 e. The molecule has 0 atom stereocenters. The molecule has 21 heavy (non-hydrogen) atoms. The first kappa shape index (κ1) is 16.5. The van der Waals surface area contributed by atoms with Crippen molar-refractivity contribution in [3.05, 3.63) is 23.8 Å². The molecule has 7 heteroatoms. The lowest BCUT2D eigenvalue weighted by atomic mass is 10.2. The van der Waals surface area contributed by atoms with Crippen molar-refractivity contribution in [2.75, 3.05) is 20.3 Å². The predicted octanol–water partition coefficient (Wildman–Crippen LogP) is 3.26. The first-order valence-corrected chi connectivity index (χ1v) is 7.52. The highest BCUT2D eigenvalue weighted by atomic mass is 32.2. The monoisotopic (exact) mass is 321 g/mol. The second kappa shape index (κ2) is 6.89. The van der Waals surface area contributed by atoms with Crippen LogP contribution < -0.4 is 4.74 Å². The van der Waals surface area contributed by atoms with Crippen LogP contribution in [-0.2, 0) is 6.54 Å². The Morgan fingerprint density at radius 2 is 2.10 bits per heavy atom. The van der Waals surface area contributed by atoms with Gasteiger partial charge in [0.25, 0.3) is 0 Å². The molecule has 0 spiro atoms. The van der Waals surface area contributed by atoms with Gasteiger partial charge in [-0.3, -0.25) is 4.90 Å². The number of hydrogen-bond donors (Lipinski definition) is 1. The number of nitrogens with zero attached hydrogens (tertiary/aromatic N) is 1. The molecule has 1 aliphatic rings. The molecule has 3 nitrogen and oxygen atoms in total. The van der Waals surface area contributed by atoms with E-state index in [2.05, 4.69) is 4.90 Å². The molecule has 0 heterocycles. The fraction of sp³-hybridized carbons (Fsp3) is 0.571. The van der Waals surface area contributed by atoms with Crippen LogP contribution in [0.25, 0.3) is 0 Å². The zero-order valence-electron chi connectivity index (χ0n) is 11.7. The van der Waals surface area contributed by atoms with Crippen molar-refractivity contribution in [1.29, 1.82) is 0 Å². The van der Waals surface area contributed by atoms with E-state index >= 15 is 0 Å². The van der Waals surface area contributed by atoms with Crippen molar-refractivity contribution in [2.45, 2.75) is 35.8 Å². The van der Waals surface area contributed by atoms with Crippen molar-refractivity contribution in [3.63, 3.8) is 0 Å². The zero-order chi connectivity index (χ0) is 15.5. The molecule has 1 N–H and O–H groups in total. The number of aliphatic hydroxyl groups excluding tert-OH is 1. The van der Waals surface area contributed by atoms with Crippen LogP contribution in [0.15, 0.2) is 23.1 Å². The third-order valence-corrected chi connectivity index (χ3v) is 4.06. The number of ether oxygens (including phenoxy) is 1. The van der Waals surface area contributed by atoms with Gasteiger partial charge in [0, 0.05) is 19.1 Å². The predicted molar refractivity (Wildman–Crippen MR) is 75.4 cm³/mol. The van der Waals surface area contributed by atoms with Gasteiger partial charge < -0.3 is 9.84 Å². The Hall–Kier alpha value is -0.920. The van der Waals surface area contributed by atoms with E-state index in [1.54, 1.807) is 12.1 Å². The summed E-state index contributed by atoms with van der Waals surface area (Å²) < 4.78 is 42.7. The minimum atomic E-state index is -4.34. The molecule has 1 aromatic carbocycles. The first-order valence-electron chi connectivity index (χ1n) is 6.70. The SMILES string of the molecule is COc1ccc(CN(CCO)C2CC2)cc1SC(F)(F)F. The average Bonchev–Trinajstić information content (AvgIpc) is 3.21. The topological polar surface area (TPSA) is 32.7 Å². The summed E-state index contributed by atoms with van der Waals surface area (Å²) in [6.45, 7) is 1.13. The van der Waals surface area contributed by atoms with Crippen LogP contribution >= 0.6 is 11.8 Å². The molecule has 2 rings (SSSR count). The summed E-state index contributed by atoms with van der Waals surface area (Å²) in [5.41, 5.74) is -3.55. The van der Waals surface area contributed by atoms with E-state index in [0.717, 1.165) is 18.4 Å². The summed E-state index contributed by atoms with van der Waals surface area (Å²) in [5, 5.41) is 9.07. The number of alkyl halides is 3. The van der Waals surface area contributed by atoms with Gasteiger partial charge in [0.2, 0.25) is 0 Å². The molecule has 0 bridgehead atoms. The van der Waals surface area contributed by atoms with Gasteiger partial charge in [-0.1, -0.05) is 6.07 Å². The normalized spacial score (nSPS) is 15.5. The van der Waals surface area contributed by atoms with Gasteiger partial charge in [0.15, 0.2) is 0 Å². The number of aliphatic hydroxyl groups is 1. The van der Waals surface area contributed by atoms with E-state index in [4.69, 9.17) is 9.84 Å². The van der Waals surface area contributed by atoms with Crippen LogP contribution in [0.5, 0.6) is 5.75 Å². The molecule has 0 unspecified atom stereocenters. The molecule has 118 valence electrons. The molecule has 0 aromatic heterocycles. The summed E-state index contributed by atoms with van der Waals surface area (Å²) in [6, 6.07) is 5.29. The molecular weight excluding hydrogens is 303 g/mol. The molecule has 1 aromatic rings. The zero-order valence-corrected chi connectivity index (χ0v) is 12.5. The van der Waals surface area contributed by atoms with Crippen LogP contribution in [0.1, 0.15) is 18.4 Å².